The van der Waals surface area contributed by atoms with Crippen LogP contribution in [0.5, 0.6) is 0 Å². The predicted molar refractivity (Wildman–Crippen MR) is 140 cm³/mol. The van der Waals surface area contributed by atoms with Crippen molar-refractivity contribution in [2.45, 2.75) is 0 Å². The Bertz CT molecular complexity index is 1910. The highest BCUT2D eigenvalue weighted by Crippen LogP contribution is 2.39. The lowest BCUT2D eigenvalue weighted by Crippen LogP contribution is -1.96. The van der Waals surface area contributed by atoms with Gasteiger partial charge in [0.25, 0.3) is 0 Å². The summed E-state index contributed by atoms with van der Waals surface area (Å²) in [5.74, 6) is 0. The molecule has 5 aromatic carbocycles. The number of rotatable bonds is 2. The van der Waals surface area contributed by atoms with E-state index in [1.165, 1.54) is 32.6 Å². The number of para-hydroxylation sites is 3. The average molecular weight is 434 g/mol. The van der Waals surface area contributed by atoms with Crippen LogP contribution in [0.3, 0.4) is 0 Å². The number of fused-ring (bicyclic) bond motifs is 6. The van der Waals surface area contributed by atoms with Crippen molar-refractivity contribution in [2.24, 2.45) is 0 Å². The van der Waals surface area contributed by atoms with E-state index in [1.54, 1.807) is 0 Å². The summed E-state index contributed by atoms with van der Waals surface area (Å²) in [5, 5.41) is 14.4. The molecule has 0 aliphatic rings. The Morgan fingerprint density at radius 2 is 1.00 bits per heavy atom. The second-order valence-electron chi connectivity index (χ2n) is 8.59. The molecule has 7 aromatic rings. The molecule has 0 unspecified atom stereocenters. The number of nitrogens with zero attached hydrogens (tertiary/aromatic N) is 3. The first-order valence-corrected chi connectivity index (χ1v) is 11.4. The van der Waals surface area contributed by atoms with Crippen LogP contribution in [0.25, 0.3) is 55.0 Å². The Kier molecular flexibility index (Phi) is 3.91. The van der Waals surface area contributed by atoms with Crippen molar-refractivity contribution < 1.29 is 0 Å². The van der Waals surface area contributed by atoms with E-state index < -0.39 is 0 Å². The summed E-state index contributed by atoms with van der Waals surface area (Å²) in [6, 6.07) is 42.4. The molecule has 34 heavy (non-hydrogen) atoms. The zero-order valence-electron chi connectivity index (χ0n) is 18.3. The maximum atomic E-state index is 9.51. The van der Waals surface area contributed by atoms with Gasteiger partial charge in [-0.15, -0.1) is 0 Å². The fraction of sp³-hybridized carbons (Fsp3) is 0. The highest BCUT2D eigenvalue weighted by molar-refractivity contribution is 6.19. The maximum absolute atomic E-state index is 9.51. The fourth-order valence-electron chi connectivity index (χ4n) is 5.28. The second kappa shape index (κ2) is 7.10. The van der Waals surface area contributed by atoms with Crippen LogP contribution in [0.4, 0.5) is 0 Å². The average Bonchev–Trinajstić information content (AvgIpc) is 3.40. The zero-order chi connectivity index (χ0) is 22.6. The maximum Gasteiger partial charge on any atom is 0.0992 e. The van der Waals surface area contributed by atoms with Crippen molar-refractivity contribution in [3.63, 3.8) is 0 Å². The molecule has 3 heteroatoms. The van der Waals surface area contributed by atoms with E-state index in [1.807, 2.05) is 18.2 Å². The molecule has 0 bridgehead atoms. The molecule has 0 saturated heterocycles. The minimum atomic E-state index is 0.655. The Morgan fingerprint density at radius 3 is 1.65 bits per heavy atom. The summed E-state index contributed by atoms with van der Waals surface area (Å²) in [4.78, 5) is 0. The third kappa shape index (κ3) is 2.57. The molecule has 0 atom stereocenters. The van der Waals surface area contributed by atoms with Gasteiger partial charge in [-0.1, -0.05) is 60.7 Å². The van der Waals surface area contributed by atoms with Crippen LogP contribution < -0.4 is 0 Å². The van der Waals surface area contributed by atoms with E-state index in [2.05, 4.69) is 112 Å². The Hall–Kier alpha value is -4.81. The fourth-order valence-corrected chi connectivity index (χ4v) is 5.28. The molecule has 0 saturated carbocycles. The number of benzene rings is 5. The number of hydrogen-bond donors (Lipinski definition) is 0. The summed E-state index contributed by atoms with van der Waals surface area (Å²) in [6.45, 7) is 0. The van der Waals surface area contributed by atoms with E-state index in [0.29, 0.717) is 5.56 Å². The normalized spacial score (nSPS) is 11.5. The van der Waals surface area contributed by atoms with Crippen LogP contribution in [0.15, 0.2) is 115 Å². The molecule has 0 fully saturated rings. The molecule has 0 spiro atoms. The lowest BCUT2D eigenvalue weighted by atomic mass is 10.1. The Balaban J connectivity index is 1.69. The van der Waals surface area contributed by atoms with Gasteiger partial charge in [0.2, 0.25) is 0 Å². The predicted octanol–water partition coefficient (Wildman–Crippen LogP) is 7.75. The molecule has 3 nitrogen and oxygen atoms in total. The standard InChI is InChI=1S/C31H19N3/c32-20-21-9-8-12-23(17-21)34-29-16-7-5-14-25(29)27-18-26-24-13-4-6-15-28(24)33(30(26)19-31(27)34)22-10-2-1-3-11-22/h1-19H. The molecule has 158 valence electrons. The SMILES string of the molecule is N#Cc1cccc(-n2c3ccccc3c3cc4c5ccccc5n(-c5ccccc5)c4cc32)c1. The minimum Gasteiger partial charge on any atom is -0.309 e. The van der Waals surface area contributed by atoms with Crippen molar-refractivity contribution in [1.29, 1.82) is 5.26 Å². The van der Waals surface area contributed by atoms with Crippen molar-refractivity contribution in [1.82, 2.24) is 9.13 Å². The van der Waals surface area contributed by atoms with E-state index in [9.17, 15) is 5.26 Å². The first-order chi connectivity index (χ1) is 16.8. The van der Waals surface area contributed by atoms with Gasteiger partial charge in [0.1, 0.15) is 0 Å². The first kappa shape index (κ1) is 18.7. The molecule has 0 amide bonds. The summed E-state index contributed by atoms with van der Waals surface area (Å²) in [6.07, 6.45) is 0. The smallest absolute Gasteiger partial charge is 0.0992 e. The first-order valence-electron chi connectivity index (χ1n) is 11.4. The van der Waals surface area contributed by atoms with Gasteiger partial charge in [0, 0.05) is 32.9 Å². The van der Waals surface area contributed by atoms with E-state index >= 15 is 0 Å². The van der Waals surface area contributed by atoms with E-state index in [-0.39, 0.29) is 0 Å². The topological polar surface area (TPSA) is 33.6 Å². The monoisotopic (exact) mass is 433 g/mol. The molecular formula is C31H19N3. The lowest BCUT2D eigenvalue weighted by molar-refractivity contribution is 1.16. The van der Waals surface area contributed by atoms with Crippen molar-refractivity contribution in [3.8, 4) is 17.4 Å². The lowest BCUT2D eigenvalue weighted by Gasteiger charge is -2.10. The van der Waals surface area contributed by atoms with Gasteiger partial charge < -0.3 is 9.13 Å². The van der Waals surface area contributed by atoms with E-state index in [0.717, 1.165) is 22.4 Å². The molecule has 2 aromatic heterocycles. The van der Waals surface area contributed by atoms with Crippen LogP contribution >= 0.6 is 0 Å². The van der Waals surface area contributed by atoms with Crippen molar-refractivity contribution in [2.75, 3.05) is 0 Å². The quantitative estimate of drug-likeness (QED) is 0.274. The van der Waals surface area contributed by atoms with E-state index in [4.69, 9.17) is 0 Å². The summed E-state index contributed by atoms with van der Waals surface area (Å²) >= 11 is 0. The molecule has 0 aliphatic heterocycles. The van der Waals surface area contributed by atoms with Gasteiger partial charge in [-0.3, -0.25) is 0 Å². The molecular weight excluding hydrogens is 414 g/mol. The van der Waals surface area contributed by atoms with Crippen LogP contribution in [-0.4, -0.2) is 9.13 Å². The van der Waals surface area contributed by atoms with Gasteiger partial charge in [-0.05, 0) is 54.6 Å². The molecule has 0 aliphatic carbocycles. The van der Waals surface area contributed by atoms with Gasteiger partial charge in [0.05, 0.1) is 33.7 Å². The number of nitriles is 1. The van der Waals surface area contributed by atoms with Crippen LogP contribution in [0.2, 0.25) is 0 Å². The van der Waals surface area contributed by atoms with Crippen LogP contribution in [0, 0.1) is 11.3 Å². The van der Waals surface area contributed by atoms with Gasteiger partial charge in [-0.2, -0.15) is 5.26 Å². The van der Waals surface area contributed by atoms with Crippen molar-refractivity contribution in [3.05, 3.63) is 121 Å². The van der Waals surface area contributed by atoms with Crippen molar-refractivity contribution >= 4 is 43.6 Å². The zero-order valence-corrected chi connectivity index (χ0v) is 18.3. The van der Waals surface area contributed by atoms with Gasteiger partial charge in [-0.25, -0.2) is 0 Å². The second-order valence-corrected chi connectivity index (χ2v) is 8.59. The van der Waals surface area contributed by atoms with Crippen LogP contribution in [-0.2, 0) is 0 Å². The number of hydrogen-bond acceptors (Lipinski definition) is 1. The minimum absolute atomic E-state index is 0.655. The molecule has 0 N–H and O–H groups in total. The third-order valence-electron chi connectivity index (χ3n) is 6.71. The Labute approximate surface area is 196 Å². The highest BCUT2D eigenvalue weighted by atomic mass is 15.0. The van der Waals surface area contributed by atoms with Gasteiger partial charge >= 0.3 is 0 Å². The van der Waals surface area contributed by atoms with Gasteiger partial charge in [0.15, 0.2) is 0 Å². The Morgan fingerprint density at radius 1 is 0.441 bits per heavy atom. The summed E-state index contributed by atoms with van der Waals surface area (Å²) in [7, 11) is 0. The molecule has 7 rings (SSSR count). The summed E-state index contributed by atoms with van der Waals surface area (Å²) in [5.41, 5.74) is 7.41. The third-order valence-corrected chi connectivity index (χ3v) is 6.71. The molecule has 0 radical (unpaired) electrons. The largest absolute Gasteiger partial charge is 0.309 e. The summed E-state index contributed by atoms with van der Waals surface area (Å²) < 4.78 is 4.62. The number of aromatic nitrogens is 2. The highest BCUT2D eigenvalue weighted by Gasteiger charge is 2.18. The van der Waals surface area contributed by atoms with Crippen LogP contribution in [0.1, 0.15) is 5.56 Å². The molecule has 2 heterocycles.